The van der Waals surface area contributed by atoms with E-state index in [0.717, 1.165) is 24.0 Å². The Balaban J connectivity index is 1.75. The molecule has 2 bridgehead atoms. The van der Waals surface area contributed by atoms with Crippen LogP contribution < -0.4 is 9.47 Å². The first-order valence-corrected chi connectivity index (χ1v) is 10.8. The van der Waals surface area contributed by atoms with Gasteiger partial charge in [-0.2, -0.15) is 0 Å². The predicted molar refractivity (Wildman–Crippen MR) is 116 cm³/mol. The van der Waals surface area contributed by atoms with Crippen molar-refractivity contribution in [1.29, 1.82) is 0 Å². The molecular weight excluding hydrogens is 362 g/mol. The number of fused-ring (bicyclic) bond motifs is 2. The smallest absolute Gasteiger partial charge is 0.125 e. The van der Waals surface area contributed by atoms with Crippen molar-refractivity contribution in [3.8, 4) is 11.5 Å². The highest BCUT2D eigenvalue weighted by Gasteiger charge is 2.43. The van der Waals surface area contributed by atoms with Crippen LogP contribution in [0.15, 0.2) is 48.5 Å². The molecule has 0 aliphatic carbocycles. The van der Waals surface area contributed by atoms with Gasteiger partial charge in [0.05, 0.1) is 14.2 Å². The molecule has 2 saturated heterocycles. The molecule has 4 nitrogen and oxygen atoms in total. The average molecular weight is 396 g/mol. The second-order valence-corrected chi connectivity index (χ2v) is 8.71. The SMILES string of the molecule is COc1ccccc1C(O)(CC1C[C@H]2CCC[C@@H](C1)N2C)c1ccccc1OC. The van der Waals surface area contributed by atoms with Gasteiger partial charge in [-0.3, -0.25) is 0 Å². The van der Waals surface area contributed by atoms with Crippen molar-refractivity contribution in [2.24, 2.45) is 5.92 Å². The lowest BCUT2D eigenvalue weighted by atomic mass is 9.71. The Bertz CT molecular complexity index is 775. The van der Waals surface area contributed by atoms with Crippen molar-refractivity contribution in [3.05, 3.63) is 59.7 Å². The van der Waals surface area contributed by atoms with Crippen LogP contribution >= 0.6 is 0 Å². The van der Waals surface area contributed by atoms with Crippen molar-refractivity contribution in [2.45, 2.75) is 56.2 Å². The molecule has 2 aliphatic heterocycles. The van der Waals surface area contributed by atoms with Crippen LogP contribution in [0.5, 0.6) is 11.5 Å². The van der Waals surface area contributed by atoms with E-state index < -0.39 is 5.60 Å². The molecule has 1 N–H and O–H groups in total. The molecule has 2 aromatic carbocycles. The van der Waals surface area contributed by atoms with E-state index in [0.29, 0.717) is 35.9 Å². The maximum Gasteiger partial charge on any atom is 0.125 e. The number of piperidine rings is 2. The normalized spacial score (nSPS) is 24.9. The van der Waals surface area contributed by atoms with Gasteiger partial charge in [0.1, 0.15) is 17.1 Å². The number of benzene rings is 2. The number of nitrogens with zero attached hydrogens (tertiary/aromatic N) is 1. The van der Waals surface area contributed by atoms with Crippen LogP contribution in [0.25, 0.3) is 0 Å². The van der Waals surface area contributed by atoms with Gasteiger partial charge in [0.2, 0.25) is 0 Å². The number of methoxy groups -OCH3 is 2. The molecule has 2 aromatic rings. The maximum absolute atomic E-state index is 12.3. The van der Waals surface area contributed by atoms with E-state index >= 15 is 0 Å². The van der Waals surface area contributed by atoms with Crippen LogP contribution in [0, 0.1) is 5.92 Å². The fourth-order valence-electron chi connectivity index (χ4n) is 5.65. The molecule has 3 atom stereocenters. The van der Waals surface area contributed by atoms with Crippen molar-refractivity contribution in [2.75, 3.05) is 21.3 Å². The van der Waals surface area contributed by atoms with Crippen LogP contribution in [0.4, 0.5) is 0 Å². The first kappa shape index (κ1) is 20.2. The monoisotopic (exact) mass is 395 g/mol. The van der Waals surface area contributed by atoms with Gasteiger partial charge in [0.25, 0.3) is 0 Å². The minimum Gasteiger partial charge on any atom is -0.496 e. The fourth-order valence-corrected chi connectivity index (χ4v) is 5.65. The summed E-state index contributed by atoms with van der Waals surface area (Å²) in [4.78, 5) is 2.57. The van der Waals surface area contributed by atoms with Crippen LogP contribution in [0.3, 0.4) is 0 Å². The van der Waals surface area contributed by atoms with E-state index in [-0.39, 0.29) is 0 Å². The van der Waals surface area contributed by atoms with E-state index in [1.165, 1.54) is 19.3 Å². The topological polar surface area (TPSA) is 41.9 Å². The average Bonchev–Trinajstić information content (AvgIpc) is 2.74. The Hall–Kier alpha value is -2.04. The van der Waals surface area contributed by atoms with Crippen molar-refractivity contribution in [3.63, 3.8) is 0 Å². The molecular formula is C25H33NO3. The van der Waals surface area contributed by atoms with Gasteiger partial charge in [0, 0.05) is 23.2 Å². The molecule has 0 saturated carbocycles. The molecule has 4 rings (SSSR count). The van der Waals surface area contributed by atoms with E-state index in [1.54, 1.807) is 14.2 Å². The van der Waals surface area contributed by atoms with Gasteiger partial charge in [-0.05, 0) is 57.2 Å². The number of rotatable bonds is 6. The van der Waals surface area contributed by atoms with Crippen LogP contribution in [-0.4, -0.2) is 43.4 Å². The van der Waals surface area contributed by atoms with Crippen LogP contribution in [0.2, 0.25) is 0 Å². The molecule has 0 amide bonds. The molecule has 2 fully saturated rings. The summed E-state index contributed by atoms with van der Waals surface area (Å²) in [6.45, 7) is 0. The number of hydrogen-bond acceptors (Lipinski definition) is 4. The van der Waals surface area contributed by atoms with Crippen molar-refractivity contribution in [1.82, 2.24) is 4.90 Å². The third-order valence-electron chi connectivity index (χ3n) is 7.13. The number of ether oxygens (including phenoxy) is 2. The summed E-state index contributed by atoms with van der Waals surface area (Å²) in [5.74, 6) is 1.89. The van der Waals surface area contributed by atoms with Crippen molar-refractivity contribution >= 4 is 0 Å². The Kier molecular flexibility index (Phi) is 5.84. The quantitative estimate of drug-likeness (QED) is 0.777. The molecule has 156 valence electrons. The molecule has 2 heterocycles. The molecule has 0 radical (unpaired) electrons. The van der Waals surface area contributed by atoms with Gasteiger partial charge in [-0.1, -0.05) is 42.8 Å². The van der Waals surface area contributed by atoms with Crippen molar-refractivity contribution < 1.29 is 14.6 Å². The van der Waals surface area contributed by atoms with E-state index in [2.05, 4.69) is 11.9 Å². The van der Waals surface area contributed by atoms with E-state index in [9.17, 15) is 5.11 Å². The number of para-hydroxylation sites is 2. The predicted octanol–water partition coefficient (Wildman–Crippen LogP) is 4.59. The summed E-state index contributed by atoms with van der Waals surface area (Å²) in [5.41, 5.74) is 0.473. The zero-order valence-corrected chi connectivity index (χ0v) is 17.8. The molecule has 1 unspecified atom stereocenters. The van der Waals surface area contributed by atoms with Gasteiger partial charge in [0.15, 0.2) is 0 Å². The van der Waals surface area contributed by atoms with Crippen LogP contribution in [0.1, 0.15) is 49.7 Å². The Morgan fingerprint density at radius 3 is 1.86 bits per heavy atom. The summed E-state index contributed by atoms with van der Waals surface area (Å²) in [7, 11) is 5.61. The molecule has 29 heavy (non-hydrogen) atoms. The lowest BCUT2D eigenvalue weighted by Crippen LogP contribution is -2.50. The highest BCUT2D eigenvalue weighted by molar-refractivity contribution is 5.49. The minimum atomic E-state index is -1.16. The fraction of sp³-hybridized carbons (Fsp3) is 0.520. The lowest BCUT2D eigenvalue weighted by Gasteiger charge is -2.48. The maximum atomic E-state index is 12.3. The van der Waals surface area contributed by atoms with Gasteiger partial charge in [-0.25, -0.2) is 0 Å². The van der Waals surface area contributed by atoms with E-state index in [1.807, 2.05) is 48.5 Å². The van der Waals surface area contributed by atoms with E-state index in [4.69, 9.17) is 9.47 Å². The standard InChI is InChI=1S/C25H33NO3/c1-26-19-9-8-10-20(26)16-18(15-19)17-25(27,21-11-4-6-13-23(21)28-2)22-12-5-7-14-24(22)29-3/h4-7,11-14,18-20,27H,8-10,15-17H2,1-3H3/t18?,19-,20+. The second-order valence-electron chi connectivity index (χ2n) is 8.71. The zero-order chi connectivity index (χ0) is 20.4. The molecule has 0 spiro atoms. The summed E-state index contributed by atoms with van der Waals surface area (Å²) in [6.07, 6.45) is 6.82. The second kappa shape index (κ2) is 8.37. The largest absolute Gasteiger partial charge is 0.496 e. The van der Waals surface area contributed by atoms with Gasteiger partial charge >= 0.3 is 0 Å². The zero-order valence-electron chi connectivity index (χ0n) is 17.8. The number of aliphatic hydroxyl groups is 1. The van der Waals surface area contributed by atoms with Gasteiger partial charge < -0.3 is 19.5 Å². The highest BCUT2D eigenvalue weighted by atomic mass is 16.5. The Morgan fingerprint density at radius 1 is 0.897 bits per heavy atom. The summed E-state index contributed by atoms with van der Waals surface area (Å²) in [5, 5.41) is 12.3. The summed E-state index contributed by atoms with van der Waals surface area (Å²) >= 11 is 0. The number of hydrogen-bond donors (Lipinski definition) is 1. The third kappa shape index (κ3) is 3.76. The highest BCUT2D eigenvalue weighted by Crippen LogP contribution is 2.47. The minimum absolute atomic E-state index is 0.460. The first-order valence-electron chi connectivity index (χ1n) is 10.8. The lowest BCUT2D eigenvalue weighted by molar-refractivity contribution is -0.00794. The first-order chi connectivity index (χ1) is 14.1. The summed E-state index contributed by atoms with van der Waals surface area (Å²) in [6, 6.07) is 16.9. The molecule has 4 heteroatoms. The van der Waals surface area contributed by atoms with Crippen LogP contribution in [-0.2, 0) is 5.60 Å². The third-order valence-corrected chi connectivity index (χ3v) is 7.13. The Labute approximate surface area is 174 Å². The summed E-state index contributed by atoms with van der Waals surface area (Å²) < 4.78 is 11.3. The molecule has 2 aliphatic rings. The molecule has 0 aromatic heterocycles. The Morgan fingerprint density at radius 2 is 1.38 bits per heavy atom. The van der Waals surface area contributed by atoms with Gasteiger partial charge in [-0.15, -0.1) is 0 Å².